The van der Waals surface area contributed by atoms with Crippen LogP contribution in [0, 0.1) is 6.92 Å². The summed E-state index contributed by atoms with van der Waals surface area (Å²) in [4.78, 5) is 33.8. The van der Waals surface area contributed by atoms with Crippen LogP contribution in [0.2, 0.25) is 5.02 Å². The summed E-state index contributed by atoms with van der Waals surface area (Å²) >= 11 is 6.57. The molecule has 1 aromatic heterocycles. The van der Waals surface area contributed by atoms with Crippen LogP contribution in [0.1, 0.15) is 19.5 Å². The van der Waals surface area contributed by atoms with E-state index < -0.39 is 6.09 Å². The Kier molecular flexibility index (Phi) is 7.86. The molecule has 2 atom stereocenters. The van der Waals surface area contributed by atoms with Crippen LogP contribution >= 0.6 is 11.6 Å². The van der Waals surface area contributed by atoms with Gasteiger partial charge in [0, 0.05) is 45.0 Å². The highest BCUT2D eigenvalue weighted by Gasteiger charge is 2.37. The Morgan fingerprint density at radius 2 is 2.03 bits per heavy atom. The number of aromatic nitrogens is 2. The molecule has 2 unspecified atom stereocenters. The Morgan fingerprint density at radius 1 is 1.30 bits per heavy atom. The lowest BCUT2D eigenvalue weighted by molar-refractivity contribution is 0.0614. The van der Waals surface area contributed by atoms with Crippen molar-refractivity contribution in [1.82, 2.24) is 14.5 Å². The van der Waals surface area contributed by atoms with Crippen molar-refractivity contribution in [2.24, 2.45) is 0 Å². The molecule has 1 saturated heterocycles. The number of aryl methyl sites for hydroxylation is 1. The molecule has 0 bridgehead atoms. The molecule has 2 heterocycles. The van der Waals surface area contributed by atoms with Gasteiger partial charge in [-0.25, -0.2) is 9.78 Å². The van der Waals surface area contributed by atoms with E-state index in [1.807, 2.05) is 51.0 Å². The zero-order valence-corrected chi connectivity index (χ0v) is 20.8. The number of hydrogen-bond acceptors (Lipinski definition) is 7. The highest BCUT2D eigenvalue weighted by molar-refractivity contribution is 6.33. The van der Waals surface area contributed by atoms with E-state index in [1.54, 1.807) is 16.4 Å². The second-order valence-electron chi connectivity index (χ2n) is 8.12. The molecule has 3 rings (SSSR count). The first-order valence-corrected chi connectivity index (χ1v) is 11.4. The molecule has 2 aromatic rings. The second-order valence-corrected chi connectivity index (χ2v) is 8.53. The first kappa shape index (κ1) is 24.9. The third kappa shape index (κ3) is 5.09. The van der Waals surface area contributed by atoms with Gasteiger partial charge in [0.05, 0.1) is 36.5 Å². The van der Waals surface area contributed by atoms with E-state index in [9.17, 15) is 9.59 Å². The van der Waals surface area contributed by atoms with Gasteiger partial charge in [0.2, 0.25) is 0 Å². The molecule has 10 heteroatoms. The predicted octanol–water partition coefficient (Wildman–Crippen LogP) is 3.23. The number of benzene rings is 1. The minimum Gasteiger partial charge on any atom is -0.453 e. The Morgan fingerprint density at radius 3 is 2.61 bits per heavy atom. The largest absolute Gasteiger partial charge is 0.453 e. The molecular weight excluding hydrogens is 446 g/mol. The van der Waals surface area contributed by atoms with Crippen molar-refractivity contribution < 1.29 is 14.3 Å². The summed E-state index contributed by atoms with van der Waals surface area (Å²) in [6.45, 7) is 7.25. The maximum absolute atomic E-state index is 13.5. The van der Waals surface area contributed by atoms with Gasteiger partial charge in [-0.1, -0.05) is 11.6 Å². The fourth-order valence-corrected chi connectivity index (χ4v) is 4.31. The normalized spacial score (nSPS) is 17.8. The zero-order chi connectivity index (χ0) is 24.3. The average Bonchev–Trinajstić information content (AvgIpc) is 3.18. The molecule has 180 valence electrons. The molecule has 1 amide bonds. The van der Waals surface area contributed by atoms with Crippen molar-refractivity contribution in [2.75, 3.05) is 51.1 Å². The molecule has 0 radical (unpaired) electrons. The third-order valence-corrected chi connectivity index (χ3v) is 6.10. The summed E-state index contributed by atoms with van der Waals surface area (Å²) in [5.74, 6) is 0.518. The summed E-state index contributed by atoms with van der Waals surface area (Å²) in [7, 11) is 5.23. The molecule has 1 N–H and O–H groups in total. The number of carbonyl (C=O) groups excluding carboxylic acids is 1. The number of rotatable bonds is 7. The standard InChI is InChI=1S/C23H32ClN5O4/c1-7-29-21(16-10-9-15(27(4)5)11-17(16)24)25-14(3)20(22(29)30)26-18-12-28(23(31)32-6)13-19(18)33-8-2/h9-11,18-19,26H,7-8,12-13H2,1-6H3. The summed E-state index contributed by atoms with van der Waals surface area (Å²) in [5.41, 5.74) is 2.41. The average molecular weight is 478 g/mol. The lowest BCUT2D eigenvalue weighted by atomic mass is 10.1. The first-order chi connectivity index (χ1) is 15.7. The molecule has 9 nitrogen and oxygen atoms in total. The minimum absolute atomic E-state index is 0.195. The monoisotopic (exact) mass is 477 g/mol. The number of methoxy groups -OCH3 is 1. The Labute approximate surface area is 199 Å². The maximum atomic E-state index is 13.5. The molecule has 0 aliphatic carbocycles. The van der Waals surface area contributed by atoms with Crippen LogP contribution < -0.4 is 15.8 Å². The summed E-state index contributed by atoms with van der Waals surface area (Å²) in [6, 6.07) is 5.42. The number of halogens is 1. The Balaban J connectivity index is 1.99. The molecule has 0 spiro atoms. The number of amides is 1. The smallest absolute Gasteiger partial charge is 0.409 e. The number of ether oxygens (including phenoxy) is 2. The van der Waals surface area contributed by atoms with Crippen LogP contribution in [-0.2, 0) is 16.0 Å². The van der Waals surface area contributed by atoms with Gasteiger partial charge in [-0.2, -0.15) is 0 Å². The predicted molar refractivity (Wildman–Crippen MR) is 130 cm³/mol. The van der Waals surface area contributed by atoms with Gasteiger partial charge in [0.15, 0.2) is 0 Å². The van der Waals surface area contributed by atoms with E-state index in [0.717, 1.165) is 5.69 Å². The zero-order valence-electron chi connectivity index (χ0n) is 20.0. The molecule has 1 aromatic carbocycles. The summed E-state index contributed by atoms with van der Waals surface area (Å²) in [5, 5.41) is 3.83. The van der Waals surface area contributed by atoms with Gasteiger partial charge in [-0.3, -0.25) is 9.36 Å². The highest BCUT2D eigenvalue weighted by atomic mass is 35.5. The number of nitrogens with one attached hydrogen (secondary N) is 1. The number of nitrogens with zero attached hydrogens (tertiary/aromatic N) is 4. The molecule has 1 aliphatic rings. The van der Waals surface area contributed by atoms with Crippen molar-refractivity contribution in [3.05, 3.63) is 39.3 Å². The third-order valence-electron chi connectivity index (χ3n) is 5.79. The fourth-order valence-electron chi connectivity index (χ4n) is 4.05. The van der Waals surface area contributed by atoms with Crippen molar-refractivity contribution in [2.45, 2.75) is 39.5 Å². The van der Waals surface area contributed by atoms with Crippen LogP contribution in [0.15, 0.2) is 23.0 Å². The lowest BCUT2D eigenvalue weighted by Gasteiger charge is -2.23. The molecular formula is C23H32ClN5O4. The number of carbonyl (C=O) groups is 1. The van der Waals surface area contributed by atoms with E-state index in [1.165, 1.54) is 7.11 Å². The Hall–Kier alpha value is -2.78. The van der Waals surface area contributed by atoms with E-state index in [2.05, 4.69) is 5.32 Å². The molecule has 1 aliphatic heterocycles. The van der Waals surface area contributed by atoms with Crippen LogP contribution in [0.25, 0.3) is 11.4 Å². The number of anilines is 2. The van der Waals surface area contributed by atoms with Crippen molar-refractivity contribution in [3.63, 3.8) is 0 Å². The van der Waals surface area contributed by atoms with Crippen LogP contribution in [0.3, 0.4) is 0 Å². The van der Waals surface area contributed by atoms with Gasteiger partial charge in [-0.15, -0.1) is 0 Å². The van der Waals surface area contributed by atoms with Crippen LogP contribution in [0.4, 0.5) is 16.2 Å². The van der Waals surface area contributed by atoms with Crippen LogP contribution in [0.5, 0.6) is 0 Å². The van der Waals surface area contributed by atoms with E-state index >= 15 is 0 Å². The number of likely N-dealkylation sites (tertiary alicyclic amines) is 1. The SMILES string of the molecule is CCOC1CN(C(=O)OC)CC1Nc1c(C)nc(-c2ccc(N(C)C)cc2Cl)n(CC)c1=O. The van der Waals surface area contributed by atoms with E-state index in [0.29, 0.717) is 54.0 Å². The van der Waals surface area contributed by atoms with E-state index in [-0.39, 0.29) is 17.7 Å². The van der Waals surface area contributed by atoms with Crippen molar-refractivity contribution in [3.8, 4) is 11.4 Å². The van der Waals surface area contributed by atoms with Crippen molar-refractivity contribution in [1.29, 1.82) is 0 Å². The first-order valence-electron chi connectivity index (χ1n) is 11.0. The van der Waals surface area contributed by atoms with Gasteiger partial charge >= 0.3 is 6.09 Å². The summed E-state index contributed by atoms with van der Waals surface area (Å²) in [6.07, 6.45) is -0.688. The van der Waals surface area contributed by atoms with E-state index in [4.69, 9.17) is 26.1 Å². The second kappa shape index (κ2) is 10.4. The van der Waals surface area contributed by atoms with Gasteiger partial charge in [-0.05, 0) is 39.0 Å². The van der Waals surface area contributed by atoms with Gasteiger partial charge in [0.25, 0.3) is 5.56 Å². The molecule has 1 fully saturated rings. The minimum atomic E-state index is -0.420. The molecule has 0 saturated carbocycles. The Bertz CT molecular complexity index is 1070. The highest BCUT2D eigenvalue weighted by Crippen LogP contribution is 2.31. The lowest BCUT2D eigenvalue weighted by Crippen LogP contribution is -2.38. The maximum Gasteiger partial charge on any atom is 0.409 e. The fraction of sp³-hybridized carbons (Fsp3) is 0.522. The summed E-state index contributed by atoms with van der Waals surface area (Å²) < 4.78 is 12.3. The van der Waals surface area contributed by atoms with Gasteiger partial charge in [0.1, 0.15) is 11.5 Å². The number of hydrogen-bond donors (Lipinski definition) is 1. The van der Waals surface area contributed by atoms with Gasteiger partial charge < -0.3 is 24.6 Å². The molecule has 33 heavy (non-hydrogen) atoms. The van der Waals surface area contributed by atoms with Crippen molar-refractivity contribution >= 4 is 29.1 Å². The van der Waals surface area contributed by atoms with Crippen LogP contribution in [-0.4, -0.2) is 73.6 Å². The quantitative estimate of drug-likeness (QED) is 0.654. The topological polar surface area (TPSA) is 88.9 Å².